The molecule has 3 aromatic carbocycles. The van der Waals surface area contributed by atoms with Crippen molar-refractivity contribution in [2.75, 3.05) is 40.4 Å². The summed E-state index contributed by atoms with van der Waals surface area (Å²) in [4.78, 5) is 4.97. The first-order chi connectivity index (χ1) is 17.7. The van der Waals surface area contributed by atoms with Gasteiger partial charge in [-0.25, -0.2) is 4.68 Å². The Labute approximate surface area is 224 Å². The number of nitrogens with zero attached hydrogens (tertiary/aromatic N) is 6. The Morgan fingerprint density at radius 1 is 0.757 bits per heavy atom. The van der Waals surface area contributed by atoms with Crippen molar-refractivity contribution in [2.45, 2.75) is 19.1 Å². The maximum atomic E-state index is 5.63. The van der Waals surface area contributed by atoms with Crippen LogP contribution in [0, 0.1) is 0 Å². The predicted molar refractivity (Wildman–Crippen MR) is 145 cm³/mol. The van der Waals surface area contributed by atoms with Gasteiger partial charge in [0.15, 0.2) is 17.3 Å². The molecule has 0 radical (unpaired) electrons. The van der Waals surface area contributed by atoms with Crippen molar-refractivity contribution in [2.24, 2.45) is 0 Å². The van der Waals surface area contributed by atoms with Gasteiger partial charge in [0.1, 0.15) is 0 Å². The van der Waals surface area contributed by atoms with Crippen LogP contribution in [0.3, 0.4) is 0 Å². The maximum Gasteiger partial charge on any atom is 0.173 e. The summed E-state index contributed by atoms with van der Waals surface area (Å²) in [6.07, 6.45) is 0. The van der Waals surface area contributed by atoms with Crippen LogP contribution in [-0.4, -0.2) is 70.4 Å². The first-order valence-corrected chi connectivity index (χ1v) is 12.3. The number of hydrogen-bond acceptors (Lipinski definition) is 7. The number of rotatable bonds is 9. The van der Waals surface area contributed by atoms with Gasteiger partial charge in [0, 0.05) is 32.7 Å². The van der Waals surface area contributed by atoms with Crippen LogP contribution >= 0.6 is 12.4 Å². The lowest BCUT2D eigenvalue weighted by atomic mass is 10.0. The van der Waals surface area contributed by atoms with Gasteiger partial charge in [0.2, 0.25) is 0 Å². The van der Waals surface area contributed by atoms with Gasteiger partial charge in [-0.2, -0.15) is 0 Å². The summed E-state index contributed by atoms with van der Waals surface area (Å²) in [6.45, 7) is 5.33. The molecule has 0 aliphatic carbocycles. The zero-order valence-corrected chi connectivity index (χ0v) is 22.1. The van der Waals surface area contributed by atoms with Gasteiger partial charge in [0.05, 0.1) is 26.8 Å². The Kier molecular flexibility index (Phi) is 9.11. The smallest absolute Gasteiger partial charge is 0.173 e. The molecule has 1 fully saturated rings. The molecule has 5 rings (SSSR count). The van der Waals surface area contributed by atoms with Crippen molar-refractivity contribution in [3.05, 3.63) is 101 Å². The number of ether oxygens (including phenoxy) is 2. The molecule has 0 bridgehead atoms. The topological polar surface area (TPSA) is 68.5 Å². The number of tetrazole rings is 1. The number of methoxy groups -OCH3 is 2. The van der Waals surface area contributed by atoms with Crippen molar-refractivity contribution < 1.29 is 9.47 Å². The molecule has 1 aliphatic heterocycles. The van der Waals surface area contributed by atoms with Crippen LogP contribution in [0.15, 0.2) is 78.9 Å². The fourth-order valence-electron chi connectivity index (χ4n) is 4.84. The number of piperazine rings is 1. The maximum absolute atomic E-state index is 5.63. The van der Waals surface area contributed by atoms with Crippen molar-refractivity contribution in [3.8, 4) is 11.5 Å². The van der Waals surface area contributed by atoms with Gasteiger partial charge in [-0.1, -0.05) is 66.7 Å². The molecule has 0 saturated carbocycles. The summed E-state index contributed by atoms with van der Waals surface area (Å²) < 4.78 is 13.0. The Hall–Kier alpha value is -3.46. The summed E-state index contributed by atoms with van der Waals surface area (Å²) in [5.74, 6) is 2.23. The third-order valence-corrected chi connectivity index (χ3v) is 6.72. The van der Waals surface area contributed by atoms with Gasteiger partial charge in [-0.05, 0) is 39.2 Å². The number of aromatic nitrogens is 4. The molecule has 8 nitrogen and oxygen atoms in total. The SMILES string of the molecule is COc1ccc(C(c2nnnn2Cc2ccccc2)N2CCN(Cc3ccccc3)CC2)cc1OC.Cl. The number of halogens is 1. The highest BCUT2D eigenvalue weighted by molar-refractivity contribution is 5.85. The molecule has 1 atom stereocenters. The van der Waals surface area contributed by atoms with Gasteiger partial charge in [-0.15, -0.1) is 17.5 Å². The number of hydrogen-bond donors (Lipinski definition) is 0. The van der Waals surface area contributed by atoms with Gasteiger partial charge < -0.3 is 9.47 Å². The molecule has 0 spiro atoms. The lowest BCUT2D eigenvalue weighted by Gasteiger charge is -2.39. The van der Waals surface area contributed by atoms with E-state index in [0.29, 0.717) is 18.0 Å². The highest BCUT2D eigenvalue weighted by atomic mass is 35.5. The van der Waals surface area contributed by atoms with E-state index >= 15 is 0 Å². The van der Waals surface area contributed by atoms with Crippen molar-refractivity contribution in [3.63, 3.8) is 0 Å². The second kappa shape index (κ2) is 12.7. The summed E-state index contributed by atoms with van der Waals surface area (Å²) in [7, 11) is 3.32. The molecule has 1 unspecified atom stereocenters. The minimum absolute atomic E-state index is 0. The molecule has 194 valence electrons. The number of benzene rings is 3. The van der Waals surface area contributed by atoms with Crippen molar-refractivity contribution in [1.29, 1.82) is 0 Å². The Morgan fingerprint density at radius 3 is 2.00 bits per heavy atom. The molecule has 0 N–H and O–H groups in total. The summed E-state index contributed by atoms with van der Waals surface area (Å²) in [6, 6.07) is 26.9. The highest BCUT2D eigenvalue weighted by Crippen LogP contribution is 2.35. The van der Waals surface area contributed by atoms with Crippen molar-refractivity contribution >= 4 is 12.4 Å². The van der Waals surface area contributed by atoms with Gasteiger partial charge in [0.25, 0.3) is 0 Å². The molecule has 1 aromatic heterocycles. The summed E-state index contributed by atoms with van der Waals surface area (Å²) >= 11 is 0. The predicted octanol–water partition coefficient (Wildman–Crippen LogP) is 4.07. The highest BCUT2D eigenvalue weighted by Gasteiger charge is 2.31. The van der Waals surface area contributed by atoms with Gasteiger partial charge in [-0.3, -0.25) is 9.80 Å². The minimum Gasteiger partial charge on any atom is -0.493 e. The van der Waals surface area contributed by atoms with E-state index < -0.39 is 0 Å². The first-order valence-electron chi connectivity index (χ1n) is 12.3. The molecule has 4 aromatic rings. The molecule has 9 heteroatoms. The summed E-state index contributed by atoms with van der Waals surface area (Å²) in [5.41, 5.74) is 3.58. The Morgan fingerprint density at radius 2 is 1.38 bits per heavy atom. The standard InChI is InChI=1S/C28H32N6O2.ClH/c1-35-25-14-13-24(19-26(25)36-2)27(28-29-30-31-34(28)21-23-11-7-4-8-12-23)33-17-15-32(16-18-33)20-22-9-5-3-6-10-22;/h3-14,19,27H,15-18,20-21H2,1-2H3;1H. The van der Waals surface area contributed by atoms with E-state index in [2.05, 4.69) is 73.9 Å². The minimum atomic E-state index is -0.109. The Balaban J connectivity index is 0.00000320. The van der Waals surface area contributed by atoms with Crippen LogP contribution in [0.25, 0.3) is 0 Å². The van der Waals surface area contributed by atoms with Crippen LogP contribution < -0.4 is 9.47 Å². The van der Waals surface area contributed by atoms with E-state index in [1.54, 1.807) is 14.2 Å². The van der Waals surface area contributed by atoms with Crippen LogP contribution in [0.1, 0.15) is 28.6 Å². The third-order valence-electron chi connectivity index (χ3n) is 6.72. The Bertz CT molecular complexity index is 1250. The molecule has 1 aliphatic rings. The molecular weight excluding hydrogens is 488 g/mol. The quantitative estimate of drug-likeness (QED) is 0.329. The second-order valence-electron chi connectivity index (χ2n) is 9.00. The fourth-order valence-corrected chi connectivity index (χ4v) is 4.84. The second-order valence-corrected chi connectivity index (χ2v) is 9.00. The average molecular weight is 521 g/mol. The summed E-state index contributed by atoms with van der Waals surface area (Å²) in [5, 5.41) is 13.0. The lowest BCUT2D eigenvalue weighted by Crippen LogP contribution is -2.48. The normalized spacial score (nSPS) is 15.1. The zero-order valence-electron chi connectivity index (χ0n) is 21.2. The molecule has 1 saturated heterocycles. The van der Waals surface area contributed by atoms with Crippen LogP contribution in [0.4, 0.5) is 0 Å². The van der Waals surface area contributed by atoms with Crippen molar-refractivity contribution in [1.82, 2.24) is 30.0 Å². The van der Waals surface area contributed by atoms with Crippen LogP contribution in [0.5, 0.6) is 11.5 Å². The van der Waals surface area contributed by atoms with Crippen LogP contribution in [0.2, 0.25) is 0 Å². The molecule has 2 heterocycles. The fraction of sp³-hybridized carbons (Fsp3) is 0.321. The van der Waals surface area contributed by atoms with E-state index in [4.69, 9.17) is 9.47 Å². The first kappa shape index (κ1) is 26.6. The lowest BCUT2D eigenvalue weighted by molar-refractivity contribution is 0.100. The monoisotopic (exact) mass is 520 g/mol. The third kappa shape index (κ3) is 6.28. The largest absolute Gasteiger partial charge is 0.493 e. The van der Waals surface area contributed by atoms with Gasteiger partial charge >= 0.3 is 0 Å². The van der Waals surface area contributed by atoms with E-state index in [9.17, 15) is 0 Å². The van der Waals surface area contributed by atoms with E-state index in [1.165, 1.54) is 5.56 Å². The molecular formula is C28H33ClN6O2. The zero-order chi connectivity index (χ0) is 24.7. The molecule has 0 amide bonds. The molecule has 37 heavy (non-hydrogen) atoms. The van der Waals surface area contributed by atoms with Crippen LogP contribution in [-0.2, 0) is 13.1 Å². The van der Waals surface area contributed by atoms with E-state index in [1.807, 2.05) is 35.0 Å². The van der Waals surface area contributed by atoms with E-state index in [0.717, 1.165) is 49.7 Å². The average Bonchev–Trinajstić information content (AvgIpc) is 3.38. The van der Waals surface area contributed by atoms with E-state index in [-0.39, 0.29) is 18.4 Å².